The molecule has 0 spiro atoms. The van der Waals surface area contributed by atoms with Crippen LogP contribution in [0.4, 0.5) is 0 Å². The van der Waals surface area contributed by atoms with Crippen LogP contribution < -0.4 is 5.32 Å². The first kappa shape index (κ1) is 16.5. The molecule has 1 nitrogen and oxygen atoms in total. The third-order valence-corrected chi connectivity index (χ3v) is 4.45. The molecular formula is C18H21BrClN. The topological polar surface area (TPSA) is 12.0 Å². The van der Waals surface area contributed by atoms with Gasteiger partial charge in [0, 0.05) is 15.5 Å². The van der Waals surface area contributed by atoms with E-state index >= 15 is 0 Å². The standard InChI is InChI=1S/C18H21BrClN/c1-3-9-21-18(12-14-5-4-6-15(20)11-14)16-10-13(2)7-8-17(16)19/h4-8,10-11,18,21H,3,9,12H2,1-2H3. The average Bonchev–Trinajstić information content (AvgIpc) is 2.46. The molecule has 1 atom stereocenters. The van der Waals surface area contributed by atoms with Gasteiger partial charge in [-0.3, -0.25) is 0 Å². The number of rotatable bonds is 6. The summed E-state index contributed by atoms with van der Waals surface area (Å²) in [5, 5.41) is 4.44. The van der Waals surface area contributed by atoms with Gasteiger partial charge in [0.05, 0.1) is 0 Å². The van der Waals surface area contributed by atoms with Gasteiger partial charge in [0.2, 0.25) is 0 Å². The molecule has 3 heteroatoms. The molecule has 0 aliphatic heterocycles. The van der Waals surface area contributed by atoms with Crippen molar-refractivity contribution in [2.24, 2.45) is 0 Å². The molecule has 112 valence electrons. The van der Waals surface area contributed by atoms with Crippen molar-refractivity contribution in [3.8, 4) is 0 Å². The largest absolute Gasteiger partial charge is 0.310 e. The second-order valence-electron chi connectivity index (χ2n) is 5.37. The van der Waals surface area contributed by atoms with Crippen molar-refractivity contribution in [3.63, 3.8) is 0 Å². The van der Waals surface area contributed by atoms with Crippen molar-refractivity contribution in [2.45, 2.75) is 32.7 Å². The first-order chi connectivity index (χ1) is 10.1. The summed E-state index contributed by atoms with van der Waals surface area (Å²) in [4.78, 5) is 0. The van der Waals surface area contributed by atoms with Gasteiger partial charge in [-0.05, 0) is 55.6 Å². The Kier molecular flexibility index (Phi) is 6.28. The number of hydrogen-bond acceptors (Lipinski definition) is 1. The minimum Gasteiger partial charge on any atom is -0.310 e. The molecule has 1 unspecified atom stereocenters. The van der Waals surface area contributed by atoms with Crippen molar-refractivity contribution in [1.82, 2.24) is 5.32 Å². The van der Waals surface area contributed by atoms with Gasteiger partial charge < -0.3 is 5.32 Å². The Bertz CT molecular complexity index is 598. The smallest absolute Gasteiger partial charge is 0.0408 e. The fourth-order valence-electron chi connectivity index (χ4n) is 2.44. The quantitative estimate of drug-likeness (QED) is 0.692. The van der Waals surface area contributed by atoms with E-state index < -0.39 is 0 Å². The minimum absolute atomic E-state index is 0.290. The molecule has 0 saturated heterocycles. The Hall–Kier alpha value is -0.830. The molecule has 2 rings (SSSR count). The van der Waals surface area contributed by atoms with Gasteiger partial charge >= 0.3 is 0 Å². The summed E-state index contributed by atoms with van der Waals surface area (Å²) >= 11 is 9.79. The maximum absolute atomic E-state index is 6.11. The Balaban J connectivity index is 2.27. The van der Waals surface area contributed by atoms with Crippen molar-refractivity contribution in [1.29, 1.82) is 0 Å². The van der Waals surface area contributed by atoms with Crippen LogP contribution in [0, 0.1) is 6.92 Å². The number of aryl methyl sites for hydroxylation is 1. The Morgan fingerprint density at radius 3 is 2.71 bits per heavy atom. The van der Waals surface area contributed by atoms with E-state index in [1.807, 2.05) is 18.2 Å². The predicted octanol–water partition coefficient (Wildman–Crippen LogP) is 5.69. The van der Waals surface area contributed by atoms with Crippen LogP contribution in [0.1, 0.15) is 36.1 Å². The Labute approximate surface area is 140 Å². The van der Waals surface area contributed by atoms with Crippen LogP contribution in [-0.2, 0) is 6.42 Å². The summed E-state index contributed by atoms with van der Waals surface area (Å²) in [6, 6.07) is 14.9. The second kappa shape index (κ2) is 7.98. The van der Waals surface area contributed by atoms with Gasteiger partial charge in [-0.15, -0.1) is 0 Å². The summed E-state index contributed by atoms with van der Waals surface area (Å²) in [5.41, 5.74) is 3.84. The number of halogens is 2. The molecule has 2 aromatic carbocycles. The van der Waals surface area contributed by atoms with Crippen LogP contribution in [0.15, 0.2) is 46.9 Å². The zero-order valence-corrected chi connectivity index (χ0v) is 14.8. The molecule has 2 aromatic rings. The summed E-state index contributed by atoms with van der Waals surface area (Å²) in [6.45, 7) is 5.33. The first-order valence-corrected chi connectivity index (χ1v) is 8.51. The highest BCUT2D eigenvalue weighted by molar-refractivity contribution is 9.10. The third-order valence-electron chi connectivity index (χ3n) is 3.50. The van der Waals surface area contributed by atoms with E-state index in [0.29, 0.717) is 0 Å². The molecule has 1 N–H and O–H groups in total. The van der Waals surface area contributed by atoms with E-state index in [-0.39, 0.29) is 6.04 Å². The lowest BCUT2D eigenvalue weighted by Gasteiger charge is -2.21. The summed E-state index contributed by atoms with van der Waals surface area (Å²) in [7, 11) is 0. The molecule has 0 fully saturated rings. The zero-order valence-electron chi connectivity index (χ0n) is 12.5. The zero-order chi connectivity index (χ0) is 15.2. The molecule has 0 aromatic heterocycles. The summed E-state index contributed by atoms with van der Waals surface area (Å²) in [5.74, 6) is 0. The van der Waals surface area contributed by atoms with E-state index in [4.69, 9.17) is 11.6 Å². The number of nitrogens with one attached hydrogen (secondary N) is 1. The van der Waals surface area contributed by atoms with Crippen LogP contribution in [0.5, 0.6) is 0 Å². The van der Waals surface area contributed by atoms with Gasteiger partial charge in [-0.2, -0.15) is 0 Å². The van der Waals surface area contributed by atoms with E-state index in [9.17, 15) is 0 Å². The molecule has 0 aliphatic rings. The summed E-state index contributed by atoms with van der Waals surface area (Å²) in [6.07, 6.45) is 2.05. The lowest BCUT2D eigenvalue weighted by Crippen LogP contribution is -2.24. The van der Waals surface area contributed by atoms with E-state index in [1.165, 1.54) is 16.7 Å². The van der Waals surface area contributed by atoms with Crippen molar-refractivity contribution >= 4 is 27.5 Å². The molecule has 0 heterocycles. The third kappa shape index (κ3) is 4.84. The molecule has 21 heavy (non-hydrogen) atoms. The molecule has 0 radical (unpaired) electrons. The summed E-state index contributed by atoms with van der Waals surface area (Å²) < 4.78 is 1.16. The second-order valence-corrected chi connectivity index (χ2v) is 6.66. The van der Waals surface area contributed by atoms with Gasteiger partial charge in [-0.1, -0.05) is 64.3 Å². The average molecular weight is 367 g/mol. The maximum atomic E-state index is 6.11. The Morgan fingerprint density at radius 2 is 2.00 bits per heavy atom. The number of benzene rings is 2. The first-order valence-electron chi connectivity index (χ1n) is 7.34. The van der Waals surface area contributed by atoms with Crippen LogP contribution >= 0.6 is 27.5 Å². The van der Waals surface area contributed by atoms with Crippen LogP contribution in [0.25, 0.3) is 0 Å². The van der Waals surface area contributed by atoms with Gasteiger partial charge in [0.15, 0.2) is 0 Å². The molecule has 0 amide bonds. The molecular weight excluding hydrogens is 346 g/mol. The normalized spacial score (nSPS) is 12.4. The van der Waals surface area contributed by atoms with Crippen molar-refractivity contribution < 1.29 is 0 Å². The van der Waals surface area contributed by atoms with E-state index in [2.05, 4.69) is 59.4 Å². The van der Waals surface area contributed by atoms with E-state index in [1.54, 1.807) is 0 Å². The van der Waals surface area contributed by atoms with Gasteiger partial charge in [0.1, 0.15) is 0 Å². The van der Waals surface area contributed by atoms with E-state index in [0.717, 1.165) is 28.9 Å². The monoisotopic (exact) mass is 365 g/mol. The molecule has 0 saturated carbocycles. The number of hydrogen-bond donors (Lipinski definition) is 1. The maximum Gasteiger partial charge on any atom is 0.0408 e. The van der Waals surface area contributed by atoms with Crippen LogP contribution in [0.2, 0.25) is 5.02 Å². The molecule has 0 aliphatic carbocycles. The van der Waals surface area contributed by atoms with Gasteiger partial charge in [-0.25, -0.2) is 0 Å². The lowest BCUT2D eigenvalue weighted by molar-refractivity contribution is 0.527. The molecule has 0 bridgehead atoms. The highest BCUT2D eigenvalue weighted by atomic mass is 79.9. The lowest BCUT2D eigenvalue weighted by atomic mass is 9.97. The fraction of sp³-hybridized carbons (Fsp3) is 0.333. The van der Waals surface area contributed by atoms with Gasteiger partial charge in [0.25, 0.3) is 0 Å². The highest BCUT2D eigenvalue weighted by Gasteiger charge is 2.15. The Morgan fingerprint density at radius 1 is 1.19 bits per heavy atom. The van der Waals surface area contributed by atoms with Crippen molar-refractivity contribution in [2.75, 3.05) is 6.54 Å². The van der Waals surface area contributed by atoms with Crippen LogP contribution in [0.3, 0.4) is 0 Å². The predicted molar refractivity (Wildman–Crippen MR) is 95.1 cm³/mol. The minimum atomic E-state index is 0.290. The van der Waals surface area contributed by atoms with Crippen LogP contribution in [-0.4, -0.2) is 6.54 Å². The van der Waals surface area contributed by atoms with Crippen molar-refractivity contribution in [3.05, 3.63) is 68.7 Å². The fourth-order valence-corrected chi connectivity index (χ4v) is 3.18. The SMILES string of the molecule is CCCNC(Cc1cccc(Cl)c1)c1cc(C)ccc1Br. The highest BCUT2D eigenvalue weighted by Crippen LogP contribution is 2.28.